The number of aromatic nitrogens is 4. The number of ether oxygens (including phenoxy) is 1. The normalized spacial score (nSPS) is 11.2. The Hall–Kier alpha value is -3.78. The quantitative estimate of drug-likeness (QED) is 0.385. The zero-order valence-corrected chi connectivity index (χ0v) is 18.6. The van der Waals surface area contributed by atoms with Gasteiger partial charge in [-0.05, 0) is 43.2 Å². The Morgan fingerprint density at radius 2 is 1.97 bits per heavy atom. The van der Waals surface area contributed by atoms with E-state index in [1.165, 1.54) is 11.3 Å². The molecule has 0 saturated carbocycles. The molecule has 0 saturated heterocycles. The topological polar surface area (TPSA) is 83.0 Å². The molecule has 2 aromatic carbocycles. The highest BCUT2D eigenvalue weighted by Crippen LogP contribution is 2.35. The van der Waals surface area contributed by atoms with Crippen LogP contribution in [0.3, 0.4) is 0 Å². The fourth-order valence-electron chi connectivity index (χ4n) is 3.66. The van der Waals surface area contributed by atoms with Crippen molar-refractivity contribution in [3.05, 3.63) is 81.9 Å². The van der Waals surface area contributed by atoms with Crippen molar-refractivity contribution in [2.24, 2.45) is 0 Å². The summed E-state index contributed by atoms with van der Waals surface area (Å²) in [6.45, 7) is 4.31. The van der Waals surface area contributed by atoms with Gasteiger partial charge in [-0.15, -0.1) is 11.3 Å². The summed E-state index contributed by atoms with van der Waals surface area (Å²) in [5, 5.41) is 4.71. The van der Waals surface area contributed by atoms with E-state index < -0.39 is 0 Å². The van der Waals surface area contributed by atoms with E-state index in [1.54, 1.807) is 18.0 Å². The maximum absolute atomic E-state index is 13.2. The van der Waals surface area contributed by atoms with Gasteiger partial charge >= 0.3 is 0 Å². The molecule has 0 aliphatic heterocycles. The Bertz CT molecular complexity index is 1500. The van der Waals surface area contributed by atoms with Gasteiger partial charge in [0.15, 0.2) is 0 Å². The molecular weight excluding hydrogens is 424 g/mol. The standard InChI is InChI=1S/C24H20N4O3S/c1-14-6-4-8-17(10-14)21-26-22(31-27-21)20-15(2)19-23(32-20)25-13-28(24(19)29)12-16-7-5-9-18(11-16)30-3/h4-11,13H,12H2,1-3H3. The first kappa shape index (κ1) is 20.1. The molecule has 0 spiro atoms. The molecule has 3 aromatic heterocycles. The predicted molar refractivity (Wildman–Crippen MR) is 124 cm³/mol. The second-order valence-corrected chi connectivity index (χ2v) is 8.56. The van der Waals surface area contributed by atoms with Crippen LogP contribution in [0.15, 0.2) is 64.2 Å². The van der Waals surface area contributed by atoms with Gasteiger partial charge in [-0.2, -0.15) is 4.98 Å². The van der Waals surface area contributed by atoms with E-state index >= 15 is 0 Å². The van der Waals surface area contributed by atoms with Crippen LogP contribution in [0, 0.1) is 13.8 Å². The van der Waals surface area contributed by atoms with Gasteiger partial charge in [-0.25, -0.2) is 4.98 Å². The molecule has 0 bridgehead atoms. The van der Waals surface area contributed by atoms with Gasteiger partial charge in [0.2, 0.25) is 5.82 Å². The van der Waals surface area contributed by atoms with Crippen molar-refractivity contribution in [1.29, 1.82) is 0 Å². The van der Waals surface area contributed by atoms with Gasteiger partial charge < -0.3 is 9.26 Å². The summed E-state index contributed by atoms with van der Waals surface area (Å²) in [5.74, 6) is 1.66. The molecule has 7 nitrogen and oxygen atoms in total. The van der Waals surface area contributed by atoms with Gasteiger partial charge in [-0.1, -0.05) is 41.1 Å². The number of aryl methyl sites for hydroxylation is 2. The monoisotopic (exact) mass is 444 g/mol. The summed E-state index contributed by atoms with van der Waals surface area (Å²) in [4.78, 5) is 23.8. The molecule has 0 aliphatic carbocycles. The van der Waals surface area contributed by atoms with Crippen molar-refractivity contribution in [1.82, 2.24) is 19.7 Å². The van der Waals surface area contributed by atoms with E-state index in [9.17, 15) is 4.79 Å². The van der Waals surface area contributed by atoms with Crippen molar-refractivity contribution in [2.75, 3.05) is 7.11 Å². The molecule has 0 atom stereocenters. The Kier molecular flexibility index (Phi) is 5.07. The molecule has 8 heteroatoms. The molecular formula is C24H20N4O3S. The van der Waals surface area contributed by atoms with Crippen LogP contribution in [0.2, 0.25) is 0 Å². The molecule has 160 valence electrons. The van der Waals surface area contributed by atoms with Gasteiger partial charge in [0.1, 0.15) is 10.6 Å². The lowest BCUT2D eigenvalue weighted by Gasteiger charge is -2.07. The summed E-state index contributed by atoms with van der Waals surface area (Å²) >= 11 is 1.38. The van der Waals surface area contributed by atoms with E-state index in [0.717, 1.165) is 32.9 Å². The lowest BCUT2D eigenvalue weighted by Crippen LogP contribution is -2.21. The first-order valence-electron chi connectivity index (χ1n) is 10.1. The van der Waals surface area contributed by atoms with Gasteiger partial charge in [0.05, 0.1) is 30.2 Å². The molecule has 0 N–H and O–H groups in total. The highest BCUT2D eigenvalue weighted by Gasteiger charge is 2.20. The van der Waals surface area contributed by atoms with E-state index in [1.807, 2.05) is 62.4 Å². The van der Waals surface area contributed by atoms with Crippen molar-refractivity contribution < 1.29 is 9.26 Å². The molecule has 0 amide bonds. The third-order valence-corrected chi connectivity index (χ3v) is 6.49. The number of fused-ring (bicyclic) bond motifs is 1. The Balaban J connectivity index is 1.53. The van der Waals surface area contributed by atoms with E-state index in [0.29, 0.717) is 28.5 Å². The minimum Gasteiger partial charge on any atom is -0.497 e. The molecule has 0 aliphatic rings. The highest BCUT2D eigenvalue weighted by molar-refractivity contribution is 7.22. The zero-order valence-electron chi connectivity index (χ0n) is 17.8. The summed E-state index contributed by atoms with van der Waals surface area (Å²) in [6.07, 6.45) is 1.58. The second kappa shape index (κ2) is 8.05. The van der Waals surface area contributed by atoms with Crippen molar-refractivity contribution >= 4 is 21.6 Å². The van der Waals surface area contributed by atoms with Crippen molar-refractivity contribution in [3.8, 4) is 27.9 Å². The lowest BCUT2D eigenvalue weighted by atomic mass is 10.1. The predicted octanol–water partition coefficient (Wildman–Crippen LogP) is 4.85. The third-order valence-electron chi connectivity index (χ3n) is 5.30. The number of thiophene rings is 1. The largest absolute Gasteiger partial charge is 0.497 e. The zero-order chi connectivity index (χ0) is 22.2. The molecule has 32 heavy (non-hydrogen) atoms. The average molecular weight is 445 g/mol. The number of nitrogens with zero attached hydrogens (tertiary/aromatic N) is 4. The van der Waals surface area contributed by atoms with E-state index in [4.69, 9.17) is 9.26 Å². The number of hydrogen-bond acceptors (Lipinski definition) is 7. The second-order valence-electron chi connectivity index (χ2n) is 7.56. The Labute approximate surface area is 187 Å². The van der Waals surface area contributed by atoms with Crippen LogP contribution in [0.1, 0.15) is 16.7 Å². The van der Waals surface area contributed by atoms with Gasteiger partial charge in [0, 0.05) is 5.56 Å². The lowest BCUT2D eigenvalue weighted by molar-refractivity contribution is 0.414. The van der Waals surface area contributed by atoms with Crippen LogP contribution >= 0.6 is 11.3 Å². The molecule has 0 fully saturated rings. The maximum atomic E-state index is 13.2. The van der Waals surface area contributed by atoms with E-state index in [-0.39, 0.29) is 5.56 Å². The number of hydrogen-bond donors (Lipinski definition) is 0. The minimum atomic E-state index is -0.101. The maximum Gasteiger partial charge on any atom is 0.268 e. The first-order valence-corrected chi connectivity index (χ1v) is 10.9. The van der Waals surface area contributed by atoms with Crippen molar-refractivity contribution in [3.63, 3.8) is 0 Å². The van der Waals surface area contributed by atoms with Gasteiger partial charge in [0.25, 0.3) is 11.4 Å². The summed E-state index contributed by atoms with van der Waals surface area (Å²) in [5.41, 5.74) is 3.66. The molecule has 0 radical (unpaired) electrons. The Morgan fingerprint density at radius 1 is 1.12 bits per heavy atom. The summed E-state index contributed by atoms with van der Waals surface area (Å²) in [7, 11) is 1.62. The number of benzene rings is 2. The SMILES string of the molecule is COc1cccc(Cn2cnc3sc(-c4nc(-c5cccc(C)c5)no4)c(C)c3c2=O)c1. The van der Waals surface area contributed by atoms with Crippen LogP contribution in [0.4, 0.5) is 0 Å². The number of methoxy groups -OCH3 is 1. The van der Waals surface area contributed by atoms with Crippen LogP contribution in [-0.2, 0) is 6.54 Å². The number of rotatable bonds is 5. The van der Waals surface area contributed by atoms with Crippen molar-refractivity contribution in [2.45, 2.75) is 20.4 Å². The molecule has 0 unspecified atom stereocenters. The fourth-order valence-corrected chi connectivity index (χ4v) is 4.72. The third kappa shape index (κ3) is 3.58. The molecule has 5 aromatic rings. The average Bonchev–Trinajstić information content (AvgIpc) is 3.41. The first-order chi connectivity index (χ1) is 15.5. The summed E-state index contributed by atoms with van der Waals surface area (Å²) < 4.78 is 12.4. The molecule has 5 rings (SSSR count). The fraction of sp³-hybridized carbons (Fsp3) is 0.167. The van der Waals surface area contributed by atoms with Crippen LogP contribution < -0.4 is 10.3 Å². The van der Waals surface area contributed by atoms with Crippen LogP contribution in [0.25, 0.3) is 32.4 Å². The summed E-state index contributed by atoms with van der Waals surface area (Å²) in [6, 6.07) is 15.6. The molecule has 3 heterocycles. The van der Waals surface area contributed by atoms with E-state index in [2.05, 4.69) is 15.1 Å². The highest BCUT2D eigenvalue weighted by atomic mass is 32.1. The smallest absolute Gasteiger partial charge is 0.268 e. The minimum absolute atomic E-state index is 0.101. The Morgan fingerprint density at radius 3 is 2.78 bits per heavy atom. The van der Waals surface area contributed by atoms with Crippen LogP contribution in [-0.4, -0.2) is 26.8 Å². The van der Waals surface area contributed by atoms with Crippen LogP contribution in [0.5, 0.6) is 5.75 Å². The van der Waals surface area contributed by atoms with Gasteiger partial charge in [-0.3, -0.25) is 9.36 Å².